The molecule has 0 fully saturated rings. The molecule has 32 heavy (non-hydrogen) atoms. The average molecular weight is 492 g/mol. The van der Waals surface area contributed by atoms with Gasteiger partial charge in [0.05, 0.1) is 25.4 Å². The summed E-state index contributed by atoms with van der Waals surface area (Å²) in [5.41, 5.74) is 6.88. The lowest BCUT2D eigenvalue weighted by Crippen LogP contribution is -2.33. The van der Waals surface area contributed by atoms with E-state index in [0.29, 0.717) is 6.61 Å². The summed E-state index contributed by atoms with van der Waals surface area (Å²) in [5, 5.41) is 3.65. The van der Waals surface area contributed by atoms with Crippen molar-refractivity contribution in [3.8, 4) is 16.9 Å². The predicted molar refractivity (Wildman–Crippen MR) is 137 cm³/mol. The number of fused-ring (bicyclic) bond motifs is 1. The molecule has 0 radical (unpaired) electrons. The number of halogens is 1. The highest BCUT2D eigenvalue weighted by Crippen LogP contribution is 2.40. The van der Waals surface area contributed by atoms with Crippen LogP contribution in [0, 0.1) is 0 Å². The van der Waals surface area contributed by atoms with Crippen LogP contribution in [0.5, 0.6) is 5.75 Å². The molecular formula is C28H30BrNO2. The highest BCUT2D eigenvalue weighted by molar-refractivity contribution is 9.10. The molecule has 1 aliphatic rings. The number of anilines is 1. The molecular weight excluding hydrogens is 462 g/mol. The second-order valence-electron chi connectivity index (χ2n) is 8.80. The lowest BCUT2D eigenvalue weighted by atomic mass is 9.86. The van der Waals surface area contributed by atoms with E-state index < -0.39 is 0 Å². The Morgan fingerprint density at radius 2 is 1.78 bits per heavy atom. The van der Waals surface area contributed by atoms with Gasteiger partial charge in [-0.2, -0.15) is 0 Å². The van der Waals surface area contributed by atoms with Crippen LogP contribution in [0.3, 0.4) is 0 Å². The highest BCUT2D eigenvalue weighted by Gasteiger charge is 2.27. The van der Waals surface area contributed by atoms with E-state index >= 15 is 0 Å². The van der Waals surface area contributed by atoms with Crippen molar-refractivity contribution in [3.63, 3.8) is 0 Å². The fourth-order valence-corrected chi connectivity index (χ4v) is 4.71. The molecule has 3 nitrogen and oxygen atoms in total. The van der Waals surface area contributed by atoms with Gasteiger partial charge in [-0.15, -0.1) is 0 Å². The summed E-state index contributed by atoms with van der Waals surface area (Å²) < 4.78 is 13.0. The van der Waals surface area contributed by atoms with Gasteiger partial charge in [-0.1, -0.05) is 58.4 Å². The summed E-state index contributed by atoms with van der Waals surface area (Å²) in [6.45, 7) is 7.20. The smallest absolute Gasteiger partial charge is 0.126 e. The van der Waals surface area contributed by atoms with E-state index in [1.54, 1.807) is 7.11 Å². The van der Waals surface area contributed by atoms with Crippen LogP contribution in [0.1, 0.15) is 31.9 Å². The molecule has 4 rings (SSSR count). The third-order valence-corrected chi connectivity index (χ3v) is 6.30. The number of para-hydroxylation sites is 1. The van der Waals surface area contributed by atoms with Gasteiger partial charge in [-0.3, -0.25) is 0 Å². The first kappa shape index (κ1) is 22.6. The predicted octanol–water partition coefficient (Wildman–Crippen LogP) is 7.36. The number of hydrogen-bond acceptors (Lipinski definition) is 3. The molecule has 3 aromatic rings. The number of methoxy groups -OCH3 is 1. The van der Waals surface area contributed by atoms with Crippen molar-refractivity contribution in [2.24, 2.45) is 0 Å². The zero-order valence-corrected chi connectivity index (χ0v) is 20.7. The van der Waals surface area contributed by atoms with Crippen LogP contribution in [-0.2, 0) is 11.2 Å². The Bertz CT molecular complexity index is 1140. The summed E-state index contributed by atoms with van der Waals surface area (Å²) in [5.74, 6) is 0.875. The molecule has 0 saturated heterocycles. The monoisotopic (exact) mass is 491 g/mol. The van der Waals surface area contributed by atoms with Crippen LogP contribution >= 0.6 is 15.9 Å². The van der Waals surface area contributed by atoms with E-state index in [4.69, 9.17) is 9.47 Å². The Labute approximate surface area is 199 Å². The molecule has 0 aromatic heterocycles. The zero-order valence-electron chi connectivity index (χ0n) is 19.1. The molecule has 1 atom stereocenters. The Morgan fingerprint density at radius 1 is 0.969 bits per heavy atom. The Kier molecular flexibility index (Phi) is 6.73. The molecule has 0 spiro atoms. The fraction of sp³-hybridized carbons (Fsp3) is 0.286. The van der Waals surface area contributed by atoms with Crippen LogP contribution < -0.4 is 10.1 Å². The molecule has 1 aliphatic heterocycles. The molecule has 0 aliphatic carbocycles. The van der Waals surface area contributed by atoms with Crippen molar-refractivity contribution in [3.05, 3.63) is 88.4 Å². The van der Waals surface area contributed by atoms with Crippen LogP contribution in [-0.4, -0.2) is 25.4 Å². The lowest BCUT2D eigenvalue weighted by Gasteiger charge is -2.34. The second-order valence-corrected chi connectivity index (χ2v) is 9.72. The average Bonchev–Trinajstić information content (AvgIpc) is 2.77. The van der Waals surface area contributed by atoms with E-state index in [1.165, 1.54) is 16.7 Å². The summed E-state index contributed by atoms with van der Waals surface area (Å²) in [4.78, 5) is 0. The molecule has 1 N–H and O–H groups in total. The highest BCUT2D eigenvalue weighted by atomic mass is 79.9. The van der Waals surface area contributed by atoms with Gasteiger partial charge >= 0.3 is 0 Å². The summed E-state index contributed by atoms with van der Waals surface area (Å²) in [6.07, 6.45) is 3.16. The second kappa shape index (κ2) is 9.51. The van der Waals surface area contributed by atoms with Crippen molar-refractivity contribution in [1.29, 1.82) is 0 Å². The number of hydrogen-bond donors (Lipinski definition) is 1. The Balaban J connectivity index is 1.60. The van der Waals surface area contributed by atoms with Crippen LogP contribution in [0.2, 0.25) is 0 Å². The van der Waals surface area contributed by atoms with Gasteiger partial charge in [0.2, 0.25) is 0 Å². The number of ether oxygens (including phenoxy) is 2. The largest absolute Gasteiger partial charge is 0.496 e. The third kappa shape index (κ3) is 5.08. The number of nitrogens with one attached hydrogen (secondary N) is 1. The first-order valence-corrected chi connectivity index (χ1v) is 11.8. The third-order valence-electron chi connectivity index (χ3n) is 5.81. The normalized spacial score (nSPS) is 15.3. The standard InChI is InChI=1S/C28H30BrNO2/c1-19(32-15-14-20-8-7-9-22(29)16-20)25-18-28(2,3)30-26-13-12-21(17-24(25)26)23-10-5-6-11-27(23)31-4/h5-13,16-19,30H,14-15H2,1-4H3. The molecule has 1 heterocycles. The minimum Gasteiger partial charge on any atom is -0.496 e. The van der Waals surface area contributed by atoms with Crippen molar-refractivity contribution in [2.45, 2.75) is 38.8 Å². The van der Waals surface area contributed by atoms with E-state index in [-0.39, 0.29) is 11.6 Å². The SMILES string of the molecule is COc1ccccc1-c1ccc2c(c1)C(C(C)OCCc1cccc(Br)c1)=CC(C)(C)N2. The van der Waals surface area contributed by atoms with Crippen molar-refractivity contribution >= 4 is 27.2 Å². The summed E-state index contributed by atoms with van der Waals surface area (Å²) in [6, 6.07) is 23.1. The minimum absolute atomic E-state index is 0.0183. The Morgan fingerprint density at radius 3 is 2.56 bits per heavy atom. The minimum atomic E-state index is -0.143. The first-order valence-electron chi connectivity index (χ1n) is 11.0. The van der Waals surface area contributed by atoms with Crippen LogP contribution in [0.4, 0.5) is 5.69 Å². The first-order chi connectivity index (χ1) is 15.4. The molecule has 0 amide bonds. The van der Waals surface area contributed by atoms with E-state index in [2.05, 4.69) is 90.6 Å². The summed E-state index contributed by atoms with van der Waals surface area (Å²) in [7, 11) is 1.72. The van der Waals surface area contributed by atoms with Gasteiger partial charge in [0, 0.05) is 21.3 Å². The number of benzene rings is 3. The van der Waals surface area contributed by atoms with Crippen LogP contribution in [0.15, 0.2) is 77.3 Å². The zero-order chi connectivity index (χ0) is 22.7. The molecule has 0 bridgehead atoms. The van der Waals surface area contributed by atoms with Crippen LogP contribution in [0.25, 0.3) is 16.7 Å². The van der Waals surface area contributed by atoms with Gasteiger partial charge in [0.1, 0.15) is 5.75 Å². The maximum atomic E-state index is 6.33. The maximum Gasteiger partial charge on any atom is 0.126 e. The summed E-state index contributed by atoms with van der Waals surface area (Å²) >= 11 is 3.55. The molecule has 4 heteroatoms. The topological polar surface area (TPSA) is 30.5 Å². The molecule has 3 aromatic carbocycles. The number of rotatable bonds is 7. The Hall–Kier alpha value is -2.56. The molecule has 166 valence electrons. The van der Waals surface area contributed by atoms with Crippen molar-refractivity contribution < 1.29 is 9.47 Å². The van der Waals surface area contributed by atoms with Gasteiger partial charge < -0.3 is 14.8 Å². The molecule has 0 saturated carbocycles. The van der Waals surface area contributed by atoms with Gasteiger partial charge in [0.15, 0.2) is 0 Å². The maximum absolute atomic E-state index is 6.33. The van der Waals surface area contributed by atoms with E-state index in [9.17, 15) is 0 Å². The van der Waals surface area contributed by atoms with Crippen molar-refractivity contribution in [2.75, 3.05) is 19.0 Å². The van der Waals surface area contributed by atoms with E-state index in [0.717, 1.165) is 33.5 Å². The fourth-order valence-electron chi connectivity index (χ4n) is 4.26. The van der Waals surface area contributed by atoms with Gasteiger partial charge in [-0.05, 0) is 74.2 Å². The van der Waals surface area contributed by atoms with Crippen molar-refractivity contribution in [1.82, 2.24) is 0 Å². The quantitative estimate of drug-likeness (QED) is 0.374. The molecule has 1 unspecified atom stereocenters. The van der Waals surface area contributed by atoms with Gasteiger partial charge in [0.25, 0.3) is 0 Å². The van der Waals surface area contributed by atoms with E-state index in [1.807, 2.05) is 24.3 Å². The lowest BCUT2D eigenvalue weighted by molar-refractivity contribution is 0.106. The van der Waals surface area contributed by atoms with Gasteiger partial charge in [-0.25, -0.2) is 0 Å².